The topological polar surface area (TPSA) is 109 Å². The highest BCUT2D eigenvalue weighted by molar-refractivity contribution is 7.09. The van der Waals surface area contributed by atoms with Crippen LogP contribution in [0.3, 0.4) is 0 Å². The lowest BCUT2D eigenvalue weighted by atomic mass is 9.91. The first kappa shape index (κ1) is 19.2. The van der Waals surface area contributed by atoms with Crippen molar-refractivity contribution in [3.05, 3.63) is 16.1 Å². The summed E-state index contributed by atoms with van der Waals surface area (Å²) < 4.78 is 4.88. The van der Waals surface area contributed by atoms with Gasteiger partial charge in [0.15, 0.2) is 5.69 Å². The molecule has 2 atom stereocenters. The average molecular weight is 369 g/mol. The number of amides is 2. The minimum atomic E-state index is -0.862. The number of ether oxygens (including phenoxy) is 1. The second-order valence-corrected chi connectivity index (χ2v) is 7.05. The van der Waals surface area contributed by atoms with Crippen molar-refractivity contribution in [2.75, 3.05) is 26.2 Å². The number of rotatable bonds is 6. The Balaban J connectivity index is 1.80. The van der Waals surface area contributed by atoms with Gasteiger partial charge >= 0.3 is 18.0 Å². The average Bonchev–Trinajstić information content (AvgIpc) is 3.03. The van der Waals surface area contributed by atoms with E-state index in [0.717, 1.165) is 5.01 Å². The Kier molecular flexibility index (Phi) is 6.74. The number of urea groups is 1. The van der Waals surface area contributed by atoms with Crippen LogP contribution in [-0.2, 0) is 16.0 Å². The van der Waals surface area contributed by atoms with Crippen LogP contribution in [0.1, 0.15) is 35.8 Å². The second kappa shape index (κ2) is 8.80. The van der Waals surface area contributed by atoms with Gasteiger partial charge in [-0.2, -0.15) is 0 Å². The molecule has 0 radical (unpaired) electrons. The summed E-state index contributed by atoms with van der Waals surface area (Å²) in [7, 11) is 0. The molecule has 2 amide bonds. The van der Waals surface area contributed by atoms with Gasteiger partial charge in [0.2, 0.25) is 0 Å². The molecule has 2 rings (SSSR count). The van der Waals surface area contributed by atoms with Gasteiger partial charge < -0.3 is 20.1 Å². The van der Waals surface area contributed by atoms with Crippen LogP contribution >= 0.6 is 11.3 Å². The first-order valence-corrected chi connectivity index (χ1v) is 9.15. The molecule has 1 aromatic rings. The van der Waals surface area contributed by atoms with Gasteiger partial charge in [-0.1, -0.05) is 6.92 Å². The molecule has 0 bridgehead atoms. The Bertz CT molecular complexity index is 633. The molecule has 138 valence electrons. The Morgan fingerprint density at radius 3 is 2.88 bits per heavy atom. The van der Waals surface area contributed by atoms with Gasteiger partial charge in [-0.3, -0.25) is 4.79 Å². The van der Waals surface area contributed by atoms with E-state index in [9.17, 15) is 14.4 Å². The molecule has 2 heterocycles. The van der Waals surface area contributed by atoms with E-state index >= 15 is 0 Å². The van der Waals surface area contributed by atoms with Crippen LogP contribution in [0.2, 0.25) is 0 Å². The molecule has 1 aliphatic rings. The number of piperidine rings is 1. The molecule has 9 heteroatoms. The van der Waals surface area contributed by atoms with Crippen molar-refractivity contribution >= 4 is 29.3 Å². The number of carbonyl (C=O) groups excluding carboxylic acids is 2. The fraction of sp³-hybridized carbons (Fsp3) is 0.625. The molecule has 2 N–H and O–H groups in total. The fourth-order valence-electron chi connectivity index (χ4n) is 2.81. The Hall–Kier alpha value is -2.16. The summed E-state index contributed by atoms with van der Waals surface area (Å²) in [5.74, 6) is -1.66. The summed E-state index contributed by atoms with van der Waals surface area (Å²) in [5, 5.41) is 14.3. The largest absolute Gasteiger partial charge is 0.481 e. The standard InChI is InChI=1S/C16H23N3O5S/c1-3-24-15(22)12-9-25-13(18-12)4-5-17-16(23)19-7-10(2)6-11(8-19)14(20)21/h9-11H,3-8H2,1-2H3,(H,17,23)(H,20,21). The summed E-state index contributed by atoms with van der Waals surface area (Å²) in [6.07, 6.45) is 1.09. The van der Waals surface area contributed by atoms with Gasteiger partial charge in [0.1, 0.15) is 0 Å². The van der Waals surface area contributed by atoms with E-state index in [2.05, 4.69) is 10.3 Å². The molecule has 0 saturated carbocycles. The van der Waals surface area contributed by atoms with Crippen molar-refractivity contribution in [2.45, 2.75) is 26.7 Å². The summed E-state index contributed by atoms with van der Waals surface area (Å²) in [6, 6.07) is -0.264. The predicted octanol–water partition coefficient (Wildman–Crippen LogP) is 1.61. The zero-order chi connectivity index (χ0) is 18.4. The van der Waals surface area contributed by atoms with Crippen LogP contribution in [0.5, 0.6) is 0 Å². The van der Waals surface area contributed by atoms with Gasteiger partial charge in [-0.15, -0.1) is 11.3 Å². The Labute approximate surface area is 150 Å². The highest BCUT2D eigenvalue weighted by atomic mass is 32.1. The van der Waals surface area contributed by atoms with E-state index in [4.69, 9.17) is 9.84 Å². The molecule has 1 aromatic heterocycles. The quantitative estimate of drug-likeness (QED) is 0.738. The lowest BCUT2D eigenvalue weighted by molar-refractivity contribution is -0.143. The number of carboxylic acids is 1. The number of carboxylic acid groups (broad SMARTS) is 1. The first-order valence-electron chi connectivity index (χ1n) is 8.27. The number of hydrogen-bond donors (Lipinski definition) is 2. The van der Waals surface area contributed by atoms with Crippen LogP contribution in [0, 0.1) is 11.8 Å². The number of hydrogen-bond acceptors (Lipinski definition) is 6. The van der Waals surface area contributed by atoms with E-state index in [-0.39, 0.29) is 24.2 Å². The second-order valence-electron chi connectivity index (χ2n) is 6.11. The third-order valence-electron chi connectivity index (χ3n) is 3.95. The maximum Gasteiger partial charge on any atom is 0.357 e. The monoisotopic (exact) mass is 369 g/mol. The third-order valence-corrected chi connectivity index (χ3v) is 4.86. The minimum Gasteiger partial charge on any atom is -0.481 e. The number of aromatic nitrogens is 1. The molecule has 2 unspecified atom stereocenters. The maximum absolute atomic E-state index is 12.2. The predicted molar refractivity (Wildman–Crippen MR) is 91.7 cm³/mol. The van der Waals surface area contributed by atoms with Crippen molar-refractivity contribution < 1.29 is 24.2 Å². The summed E-state index contributed by atoms with van der Waals surface area (Å²) in [5.41, 5.74) is 0.280. The summed E-state index contributed by atoms with van der Waals surface area (Å²) >= 11 is 1.34. The van der Waals surface area contributed by atoms with Crippen molar-refractivity contribution in [2.24, 2.45) is 11.8 Å². The third kappa shape index (κ3) is 5.42. The van der Waals surface area contributed by atoms with Gasteiger partial charge in [0.05, 0.1) is 17.5 Å². The zero-order valence-corrected chi connectivity index (χ0v) is 15.2. The van der Waals surface area contributed by atoms with Crippen molar-refractivity contribution in [1.82, 2.24) is 15.2 Å². The lowest BCUT2D eigenvalue weighted by Gasteiger charge is -2.34. The van der Waals surface area contributed by atoms with Crippen LogP contribution in [0.15, 0.2) is 5.38 Å². The van der Waals surface area contributed by atoms with E-state index in [1.807, 2.05) is 6.92 Å². The van der Waals surface area contributed by atoms with Crippen LogP contribution in [-0.4, -0.2) is 59.2 Å². The van der Waals surface area contributed by atoms with Gasteiger partial charge in [-0.25, -0.2) is 14.6 Å². The van der Waals surface area contributed by atoms with Crippen molar-refractivity contribution in [1.29, 1.82) is 0 Å². The molecule has 0 aromatic carbocycles. The number of nitrogens with zero attached hydrogens (tertiary/aromatic N) is 2. The molecule has 1 saturated heterocycles. The fourth-order valence-corrected chi connectivity index (χ4v) is 3.58. The molecule has 0 spiro atoms. The molecule has 25 heavy (non-hydrogen) atoms. The summed E-state index contributed by atoms with van der Waals surface area (Å²) in [6.45, 7) is 5.14. The van der Waals surface area contributed by atoms with Crippen LogP contribution < -0.4 is 5.32 Å². The smallest absolute Gasteiger partial charge is 0.357 e. The molecular weight excluding hydrogens is 346 g/mol. The lowest BCUT2D eigenvalue weighted by Crippen LogP contribution is -2.49. The van der Waals surface area contributed by atoms with E-state index in [1.54, 1.807) is 17.2 Å². The number of esters is 1. The van der Waals surface area contributed by atoms with Crippen LogP contribution in [0.4, 0.5) is 4.79 Å². The Morgan fingerprint density at radius 1 is 1.44 bits per heavy atom. The first-order chi connectivity index (χ1) is 11.9. The number of likely N-dealkylation sites (tertiary alicyclic amines) is 1. The molecule has 1 aliphatic heterocycles. The van der Waals surface area contributed by atoms with Crippen LogP contribution in [0.25, 0.3) is 0 Å². The van der Waals surface area contributed by atoms with E-state index < -0.39 is 17.9 Å². The van der Waals surface area contributed by atoms with Crippen molar-refractivity contribution in [3.63, 3.8) is 0 Å². The van der Waals surface area contributed by atoms with Gasteiger partial charge in [0, 0.05) is 31.4 Å². The van der Waals surface area contributed by atoms with Gasteiger partial charge in [0.25, 0.3) is 0 Å². The SMILES string of the molecule is CCOC(=O)c1csc(CCNC(=O)N2CC(C)CC(C(=O)O)C2)n1. The molecule has 8 nitrogen and oxygen atoms in total. The maximum atomic E-state index is 12.2. The van der Waals surface area contributed by atoms with Gasteiger partial charge in [-0.05, 0) is 19.3 Å². The van der Waals surface area contributed by atoms with Crippen molar-refractivity contribution in [3.8, 4) is 0 Å². The highest BCUT2D eigenvalue weighted by Gasteiger charge is 2.31. The minimum absolute atomic E-state index is 0.159. The number of nitrogens with one attached hydrogen (secondary N) is 1. The van der Waals surface area contributed by atoms with E-state index in [0.29, 0.717) is 32.5 Å². The molecular formula is C16H23N3O5S. The highest BCUT2D eigenvalue weighted by Crippen LogP contribution is 2.21. The normalized spacial score (nSPS) is 20.2. The number of thiazole rings is 1. The molecule has 0 aliphatic carbocycles. The molecule has 1 fully saturated rings. The number of carbonyl (C=O) groups is 3. The Morgan fingerprint density at radius 2 is 2.20 bits per heavy atom. The zero-order valence-electron chi connectivity index (χ0n) is 14.4. The summed E-state index contributed by atoms with van der Waals surface area (Å²) in [4.78, 5) is 40.7. The van der Waals surface area contributed by atoms with E-state index in [1.165, 1.54) is 11.3 Å². The number of aliphatic carboxylic acids is 1.